The molecule has 18 heavy (non-hydrogen) atoms. The summed E-state index contributed by atoms with van der Waals surface area (Å²) in [5.74, 6) is 0. The van der Waals surface area contributed by atoms with E-state index in [-0.39, 0.29) is 10.9 Å². The van der Waals surface area contributed by atoms with E-state index in [0.717, 1.165) is 21.9 Å². The Morgan fingerprint density at radius 2 is 2.17 bits per heavy atom. The van der Waals surface area contributed by atoms with Gasteiger partial charge in [0.05, 0.1) is 17.9 Å². The molecule has 2 heterocycles. The van der Waals surface area contributed by atoms with Crippen LogP contribution in [-0.4, -0.2) is 23.6 Å². The number of nitrogens with one attached hydrogen (secondary N) is 1. The third-order valence-electron chi connectivity index (χ3n) is 2.31. The van der Waals surface area contributed by atoms with E-state index in [0.29, 0.717) is 5.69 Å². The maximum atomic E-state index is 12.0. The molecule has 0 spiro atoms. The molecule has 0 unspecified atom stereocenters. The van der Waals surface area contributed by atoms with Gasteiger partial charge in [0.25, 0.3) is 10.0 Å². The molecule has 2 aromatic heterocycles. The van der Waals surface area contributed by atoms with E-state index in [4.69, 9.17) is 0 Å². The Morgan fingerprint density at radius 1 is 1.39 bits per heavy atom. The third kappa shape index (κ3) is 2.89. The van der Waals surface area contributed by atoms with Crippen molar-refractivity contribution in [1.29, 1.82) is 0 Å². The zero-order valence-corrected chi connectivity index (χ0v) is 11.5. The molecular formula is C10H12N4O2S2. The van der Waals surface area contributed by atoms with Crippen LogP contribution in [0.2, 0.25) is 0 Å². The minimum absolute atomic E-state index is 0.0846. The number of hydrogen-bond acceptors (Lipinski definition) is 6. The molecule has 0 bridgehead atoms. The summed E-state index contributed by atoms with van der Waals surface area (Å²) >= 11 is 1.16. The minimum Gasteiger partial charge on any atom is -0.229 e. The highest BCUT2D eigenvalue weighted by Gasteiger charge is 2.19. The number of rotatable bonds is 4. The van der Waals surface area contributed by atoms with Crippen LogP contribution in [0.15, 0.2) is 22.7 Å². The number of aryl methyl sites for hydroxylation is 2. The van der Waals surface area contributed by atoms with Crippen LogP contribution in [0.25, 0.3) is 0 Å². The van der Waals surface area contributed by atoms with Gasteiger partial charge >= 0.3 is 0 Å². The predicted octanol–water partition coefficient (Wildman–Crippen LogP) is 1.03. The number of aromatic nitrogens is 3. The smallest absolute Gasteiger partial charge is 0.229 e. The first-order valence-corrected chi connectivity index (χ1v) is 7.49. The van der Waals surface area contributed by atoms with E-state index in [1.54, 1.807) is 19.1 Å². The Kier molecular flexibility index (Phi) is 3.69. The average Bonchev–Trinajstić information content (AvgIpc) is 2.70. The molecule has 0 radical (unpaired) electrons. The summed E-state index contributed by atoms with van der Waals surface area (Å²) in [5.41, 5.74) is 1.30. The molecule has 96 valence electrons. The summed E-state index contributed by atoms with van der Waals surface area (Å²) in [4.78, 5) is 4.92. The normalized spacial score (nSPS) is 11.7. The summed E-state index contributed by atoms with van der Waals surface area (Å²) in [7, 11) is -3.57. The molecule has 2 aromatic rings. The third-order valence-corrected chi connectivity index (χ3v) is 5.16. The van der Waals surface area contributed by atoms with E-state index in [9.17, 15) is 8.42 Å². The SMILES string of the molecule is Cc1nc(S(=O)(=O)NCc2cccnn2)sc1C. The Labute approximate surface area is 109 Å². The molecule has 0 aliphatic carbocycles. The molecule has 1 N–H and O–H groups in total. The van der Waals surface area contributed by atoms with Gasteiger partial charge in [0.1, 0.15) is 0 Å². The van der Waals surface area contributed by atoms with Gasteiger partial charge in [0, 0.05) is 11.1 Å². The maximum absolute atomic E-state index is 12.0. The zero-order chi connectivity index (χ0) is 13.2. The maximum Gasteiger partial charge on any atom is 0.268 e. The highest BCUT2D eigenvalue weighted by atomic mass is 32.2. The van der Waals surface area contributed by atoms with E-state index in [2.05, 4.69) is 19.9 Å². The van der Waals surface area contributed by atoms with Gasteiger partial charge in [-0.2, -0.15) is 10.2 Å². The molecule has 0 fully saturated rings. The summed E-state index contributed by atoms with van der Waals surface area (Å²) in [6, 6.07) is 3.40. The van der Waals surface area contributed by atoms with Crippen LogP contribution in [0.3, 0.4) is 0 Å². The van der Waals surface area contributed by atoms with Crippen molar-refractivity contribution in [3.05, 3.63) is 34.6 Å². The molecule has 0 saturated carbocycles. The summed E-state index contributed by atoms with van der Waals surface area (Å²) in [5, 5.41) is 7.48. The van der Waals surface area contributed by atoms with Gasteiger partial charge in [0.15, 0.2) is 0 Å². The molecule has 0 amide bonds. The fourth-order valence-electron chi connectivity index (χ4n) is 1.22. The fourth-order valence-corrected chi connectivity index (χ4v) is 3.56. The van der Waals surface area contributed by atoms with Gasteiger partial charge in [-0.25, -0.2) is 18.1 Å². The minimum atomic E-state index is -3.57. The van der Waals surface area contributed by atoms with Crippen LogP contribution in [0.4, 0.5) is 0 Å². The zero-order valence-electron chi connectivity index (χ0n) is 9.91. The van der Waals surface area contributed by atoms with Gasteiger partial charge in [0.2, 0.25) is 4.34 Å². The molecule has 0 aliphatic rings. The van der Waals surface area contributed by atoms with Gasteiger partial charge in [-0.15, -0.1) is 11.3 Å². The Hall–Kier alpha value is -1.38. The summed E-state index contributed by atoms with van der Waals surface area (Å²) < 4.78 is 26.5. The van der Waals surface area contributed by atoms with Crippen LogP contribution in [0, 0.1) is 13.8 Å². The lowest BCUT2D eigenvalue weighted by atomic mass is 10.4. The van der Waals surface area contributed by atoms with Crippen LogP contribution in [0.1, 0.15) is 16.3 Å². The number of thiazole rings is 1. The topological polar surface area (TPSA) is 84.8 Å². The first kappa shape index (κ1) is 13.1. The molecular weight excluding hydrogens is 272 g/mol. The second-order valence-corrected chi connectivity index (χ2v) is 6.80. The Balaban J connectivity index is 2.13. The quantitative estimate of drug-likeness (QED) is 0.906. The standard InChI is InChI=1S/C10H12N4O2S2/c1-7-8(2)17-10(13-7)18(15,16)12-6-9-4-3-5-11-14-9/h3-5,12H,6H2,1-2H3. The first-order valence-electron chi connectivity index (χ1n) is 5.19. The molecule has 8 heteroatoms. The lowest BCUT2D eigenvalue weighted by Gasteiger charge is -2.02. The predicted molar refractivity (Wildman–Crippen MR) is 67.6 cm³/mol. The molecule has 2 rings (SSSR count). The lowest BCUT2D eigenvalue weighted by molar-refractivity contribution is 0.579. The molecule has 0 saturated heterocycles. The van der Waals surface area contributed by atoms with Crippen LogP contribution >= 0.6 is 11.3 Å². The lowest BCUT2D eigenvalue weighted by Crippen LogP contribution is -2.23. The van der Waals surface area contributed by atoms with Crippen molar-refractivity contribution in [3.8, 4) is 0 Å². The first-order chi connectivity index (χ1) is 8.49. The molecule has 6 nitrogen and oxygen atoms in total. The Morgan fingerprint density at radius 3 is 2.72 bits per heavy atom. The van der Waals surface area contributed by atoms with Gasteiger partial charge in [-0.1, -0.05) is 0 Å². The van der Waals surface area contributed by atoms with E-state index in [1.165, 1.54) is 6.20 Å². The highest BCUT2D eigenvalue weighted by Crippen LogP contribution is 2.20. The Bertz CT molecular complexity index is 618. The van der Waals surface area contributed by atoms with Crippen molar-refractivity contribution in [3.63, 3.8) is 0 Å². The largest absolute Gasteiger partial charge is 0.268 e. The van der Waals surface area contributed by atoms with Crippen LogP contribution in [-0.2, 0) is 16.6 Å². The second kappa shape index (κ2) is 5.09. The van der Waals surface area contributed by atoms with Crippen molar-refractivity contribution >= 4 is 21.4 Å². The van der Waals surface area contributed by atoms with Gasteiger partial charge in [-0.3, -0.25) is 0 Å². The van der Waals surface area contributed by atoms with E-state index >= 15 is 0 Å². The van der Waals surface area contributed by atoms with Crippen molar-refractivity contribution in [2.24, 2.45) is 0 Å². The van der Waals surface area contributed by atoms with E-state index < -0.39 is 10.0 Å². The van der Waals surface area contributed by atoms with Crippen molar-refractivity contribution in [2.45, 2.75) is 24.7 Å². The molecule has 0 aliphatic heterocycles. The number of hydrogen-bond donors (Lipinski definition) is 1. The van der Waals surface area contributed by atoms with E-state index in [1.807, 2.05) is 6.92 Å². The van der Waals surface area contributed by atoms with Crippen molar-refractivity contribution < 1.29 is 8.42 Å². The van der Waals surface area contributed by atoms with Crippen LogP contribution < -0.4 is 4.72 Å². The monoisotopic (exact) mass is 284 g/mol. The van der Waals surface area contributed by atoms with Gasteiger partial charge in [-0.05, 0) is 26.0 Å². The summed E-state index contributed by atoms with van der Waals surface area (Å²) in [6.45, 7) is 3.73. The van der Waals surface area contributed by atoms with Crippen LogP contribution in [0.5, 0.6) is 0 Å². The molecule has 0 aromatic carbocycles. The summed E-state index contributed by atoms with van der Waals surface area (Å²) in [6.07, 6.45) is 1.53. The van der Waals surface area contributed by atoms with Gasteiger partial charge < -0.3 is 0 Å². The number of nitrogens with zero attached hydrogens (tertiary/aromatic N) is 3. The molecule has 0 atom stereocenters. The van der Waals surface area contributed by atoms with Crippen molar-refractivity contribution in [2.75, 3.05) is 0 Å². The second-order valence-electron chi connectivity index (χ2n) is 3.66. The number of sulfonamides is 1. The average molecular weight is 284 g/mol. The van der Waals surface area contributed by atoms with Crippen molar-refractivity contribution in [1.82, 2.24) is 19.9 Å². The highest BCUT2D eigenvalue weighted by molar-refractivity contribution is 7.91. The fraction of sp³-hybridized carbons (Fsp3) is 0.300.